The Morgan fingerprint density at radius 2 is 1.86 bits per heavy atom. The number of allylic oxidation sites excluding steroid dienone is 1. The minimum absolute atomic E-state index is 0.245. The fourth-order valence-corrected chi connectivity index (χ4v) is 4.96. The maximum atomic E-state index is 11.7. The van der Waals surface area contributed by atoms with Gasteiger partial charge in [-0.25, -0.2) is 0 Å². The van der Waals surface area contributed by atoms with E-state index in [-0.39, 0.29) is 10.5 Å². The van der Waals surface area contributed by atoms with Crippen LogP contribution >= 0.6 is 0 Å². The zero-order valence-electron chi connectivity index (χ0n) is 8.82. The van der Waals surface area contributed by atoms with Gasteiger partial charge in [0.25, 0.3) is 0 Å². The Morgan fingerprint density at radius 3 is 2.29 bits per heavy atom. The van der Waals surface area contributed by atoms with E-state index in [9.17, 15) is 9.32 Å². The first kappa shape index (κ1) is 10.4. The molecule has 2 unspecified atom stereocenters. The van der Waals surface area contributed by atoms with Crippen LogP contribution in [0.15, 0.2) is 11.6 Å². The van der Waals surface area contributed by atoms with Crippen molar-refractivity contribution >= 4 is 10.8 Å². The Kier molecular flexibility index (Phi) is 2.56. The van der Waals surface area contributed by atoms with Crippen LogP contribution in [-0.4, -0.2) is 25.4 Å². The average molecular weight is 214 g/mol. The molecule has 0 radical (unpaired) electrons. The summed E-state index contributed by atoms with van der Waals surface area (Å²) in [4.78, 5) is 0. The van der Waals surface area contributed by atoms with Gasteiger partial charge in [0.1, 0.15) is 0 Å². The highest BCUT2D eigenvalue weighted by Gasteiger charge is 2.46. The van der Waals surface area contributed by atoms with Crippen molar-refractivity contribution in [1.82, 2.24) is 0 Å². The van der Waals surface area contributed by atoms with Gasteiger partial charge in [0.05, 0.1) is 5.60 Å². The number of hydrogen-bond acceptors (Lipinski definition) is 2. The maximum Gasteiger partial charge on any atom is 0.0853 e. The van der Waals surface area contributed by atoms with Crippen molar-refractivity contribution < 1.29 is 9.32 Å². The van der Waals surface area contributed by atoms with Crippen molar-refractivity contribution in [2.24, 2.45) is 0 Å². The monoisotopic (exact) mass is 214 g/mol. The van der Waals surface area contributed by atoms with E-state index in [4.69, 9.17) is 0 Å². The molecule has 2 bridgehead atoms. The molecule has 0 aliphatic carbocycles. The van der Waals surface area contributed by atoms with Crippen LogP contribution in [-0.2, 0) is 10.8 Å². The Hall–Kier alpha value is -0.150. The Bertz CT molecular complexity index is 276. The first-order valence-electron chi connectivity index (χ1n) is 5.28. The van der Waals surface area contributed by atoms with Crippen LogP contribution in [0.25, 0.3) is 0 Å². The van der Waals surface area contributed by atoms with E-state index in [1.807, 2.05) is 19.9 Å². The zero-order chi connectivity index (χ0) is 10.3. The molecule has 2 rings (SSSR count). The number of aliphatic hydroxyl groups is 1. The SMILES string of the molecule is CC(C)=CC1(O)CC2CCC(C1)S2=O. The molecule has 2 aliphatic rings. The van der Waals surface area contributed by atoms with E-state index < -0.39 is 16.4 Å². The molecule has 2 heterocycles. The molecule has 0 aromatic heterocycles. The van der Waals surface area contributed by atoms with E-state index in [0.29, 0.717) is 12.8 Å². The van der Waals surface area contributed by atoms with Gasteiger partial charge in [-0.3, -0.25) is 4.21 Å². The van der Waals surface area contributed by atoms with Crippen molar-refractivity contribution in [2.45, 2.75) is 55.6 Å². The first-order valence-corrected chi connectivity index (χ1v) is 6.56. The molecule has 0 aromatic carbocycles. The van der Waals surface area contributed by atoms with E-state index in [2.05, 4.69) is 0 Å². The molecule has 1 N–H and O–H groups in total. The first-order chi connectivity index (χ1) is 6.50. The van der Waals surface area contributed by atoms with Crippen LogP contribution in [0.4, 0.5) is 0 Å². The van der Waals surface area contributed by atoms with Crippen LogP contribution in [0.3, 0.4) is 0 Å². The number of rotatable bonds is 1. The lowest BCUT2D eigenvalue weighted by molar-refractivity contribution is 0.0714. The molecule has 0 spiro atoms. The fraction of sp³-hybridized carbons (Fsp3) is 0.818. The molecule has 80 valence electrons. The smallest absolute Gasteiger partial charge is 0.0853 e. The largest absolute Gasteiger partial charge is 0.386 e. The molecular weight excluding hydrogens is 196 g/mol. The Balaban J connectivity index is 2.19. The Labute approximate surface area is 87.9 Å². The lowest BCUT2D eigenvalue weighted by atomic mass is 9.92. The molecule has 3 heteroatoms. The van der Waals surface area contributed by atoms with Crippen LogP contribution in [0.2, 0.25) is 0 Å². The van der Waals surface area contributed by atoms with Crippen LogP contribution in [0.5, 0.6) is 0 Å². The summed E-state index contributed by atoms with van der Waals surface area (Å²) in [5, 5.41) is 10.8. The molecular formula is C11H18O2S. The molecule has 14 heavy (non-hydrogen) atoms. The van der Waals surface area contributed by atoms with Crippen LogP contribution < -0.4 is 0 Å². The summed E-state index contributed by atoms with van der Waals surface area (Å²) in [5.74, 6) is 0. The third-order valence-electron chi connectivity index (χ3n) is 3.19. The third kappa shape index (κ3) is 1.80. The summed E-state index contributed by atoms with van der Waals surface area (Å²) in [5.41, 5.74) is 0.484. The second-order valence-corrected chi connectivity index (χ2v) is 6.87. The third-order valence-corrected chi connectivity index (χ3v) is 5.31. The second kappa shape index (κ2) is 3.46. The summed E-state index contributed by atoms with van der Waals surface area (Å²) in [6, 6.07) is 0. The highest BCUT2D eigenvalue weighted by molar-refractivity contribution is 7.86. The van der Waals surface area contributed by atoms with Gasteiger partial charge in [-0.15, -0.1) is 0 Å². The molecule has 0 aromatic rings. The van der Waals surface area contributed by atoms with Gasteiger partial charge in [0.15, 0.2) is 0 Å². The van der Waals surface area contributed by atoms with Gasteiger partial charge < -0.3 is 5.11 Å². The summed E-state index contributed by atoms with van der Waals surface area (Å²) < 4.78 is 11.7. The van der Waals surface area contributed by atoms with Crippen LogP contribution in [0.1, 0.15) is 39.5 Å². The molecule has 2 nitrogen and oxygen atoms in total. The van der Waals surface area contributed by atoms with E-state index in [1.54, 1.807) is 0 Å². The molecule has 0 saturated carbocycles. The highest BCUT2D eigenvalue weighted by Crippen LogP contribution is 2.41. The van der Waals surface area contributed by atoms with Crippen LogP contribution in [0, 0.1) is 0 Å². The summed E-state index contributed by atoms with van der Waals surface area (Å²) in [6.45, 7) is 4.01. The predicted molar refractivity (Wildman–Crippen MR) is 58.6 cm³/mol. The van der Waals surface area contributed by atoms with Crippen molar-refractivity contribution in [3.63, 3.8) is 0 Å². The van der Waals surface area contributed by atoms with E-state index >= 15 is 0 Å². The molecule has 2 fully saturated rings. The normalized spacial score (nSPS) is 46.4. The molecule has 0 amide bonds. The Morgan fingerprint density at radius 1 is 1.36 bits per heavy atom. The second-order valence-electron chi connectivity index (χ2n) is 4.88. The van der Waals surface area contributed by atoms with Crippen molar-refractivity contribution in [3.8, 4) is 0 Å². The predicted octanol–water partition coefficient (Wildman–Crippen LogP) is 1.76. The lowest BCUT2D eigenvalue weighted by Crippen LogP contribution is -2.41. The fourth-order valence-electron chi connectivity index (χ4n) is 2.77. The van der Waals surface area contributed by atoms with Gasteiger partial charge >= 0.3 is 0 Å². The summed E-state index contributed by atoms with van der Waals surface area (Å²) >= 11 is 0. The standard InChI is InChI=1S/C11H18O2S/c1-8(2)5-11(12)6-9-3-4-10(7-11)14(9)13/h5,9-10,12H,3-4,6-7H2,1-2H3. The highest BCUT2D eigenvalue weighted by atomic mass is 32.2. The average Bonchev–Trinajstić information content (AvgIpc) is 2.33. The van der Waals surface area contributed by atoms with E-state index in [1.165, 1.54) is 0 Å². The minimum atomic E-state index is -0.669. The van der Waals surface area contributed by atoms with Gasteiger partial charge in [0, 0.05) is 21.3 Å². The van der Waals surface area contributed by atoms with Crippen molar-refractivity contribution in [2.75, 3.05) is 0 Å². The molecule has 2 aliphatic heterocycles. The zero-order valence-corrected chi connectivity index (χ0v) is 9.64. The topological polar surface area (TPSA) is 37.3 Å². The van der Waals surface area contributed by atoms with Crippen molar-refractivity contribution in [1.29, 1.82) is 0 Å². The van der Waals surface area contributed by atoms with Gasteiger partial charge in [0.2, 0.25) is 0 Å². The number of hydrogen-bond donors (Lipinski definition) is 1. The molecule has 2 saturated heterocycles. The van der Waals surface area contributed by atoms with Gasteiger partial charge in [-0.1, -0.05) is 11.6 Å². The van der Waals surface area contributed by atoms with Crippen molar-refractivity contribution in [3.05, 3.63) is 11.6 Å². The minimum Gasteiger partial charge on any atom is -0.386 e. The quantitative estimate of drug-likeness (QED) is 0.675. The van der Waals surface area contributed by atoms with Gasteiger partial charge in [-0.2, -0.15) is 0 Å². The summed E-state index contributed by atoms with van der Waals surface area (Å²) in [7, 11) is -0.669. The maximum absolute atomic E-state index is 11.7. The van der Waals surface area contributed by atoms with E-state index in [0.717, 1.165) is 18.4 Å². The molecule has 2 atom stereocenters. The lowest BCUT2D eigenvalue weighted by Gasteiger charge is -2.33. The number of fused-ring (bicyclic) bond motifs is 2. The summed E-state index contributed by atoms with van der Waals surface area (Å²) in [6.07, 6.45) is 5.42. The van der Waals surface area contributed by atoms with Gasteiger partial charge in [-0.05, 0) is 39.5 Å².